The smallest absolute Gasteiger partial charge is 0.308 e. The summed E-state index contributed by atoms with van der Waals surface area (Å²) < 4.78 is 37.3. The number of nitrogens with one attached hydrogen (secondary N) is 2. The molecule has 9 nitrogen and oxygen atoms in total. The van der Waals surface area contributed by atoms with Crippen molar-refractivity contribution >= 4 is 34.5 Å². The zero-order valence-electron chi connectivity index (χ0n) is 21.0. The lowest BCUT2D eigenvalue weighted by Crippen LogP contribution is -2.54. The number of methoxy groups -OCH3 is 1. The molecule has 0 radical (unpaired) electrons. The van der Waals surface area contributed by atoms with Crippen molar-refractivity contribution < 1.29 is 37.4 Å². The summed E-state index contributed by atoms with van der Waals surface area (Å²) in [6.07, 6.45) is -0.560. The first-order valence-corrected chi connectivity index (χ1v) is 11.7. The fraction of sp³-hybridized carbons (Fsp3) is 0.296. The van der Waals surface area contributed by atoms with Crippen LogP contribution < -0.4 is 15.4 Å². The number of nitrogens with zero attached hydrogens (tertiary/aromatic N) is 1. The summed E-state index contributed by atoms with van der Waals surface area (Å²) in [4.78, 5) is 55.0. The van der Waals surface area contributed by atoms with Crippen LogP contribution in [-0.2, 0) is 19.1 Å². The van der Waals surface area contributed by atoms with Crippen LogP contribution in [0.3, 0.4) is 0 Å². The van der Waals surface area contributed by atoms with Crippen LogP contribution in [0, 0.1) is 17.6 Å². The fourth-order valence-electron chi connectivity index (χ4n) is 3.56. The van der Waals surface area contributed by atoms with Gasteiger partial charge in [-0.25, -0.2) is 13.8 Å². The highest BCUT2D eigenvalue weighted by Gasteiger charge is 2.31. The lowest BCUT2D eigenvalue weighted by molar-refractivity contribution is -0.143. The Morgan fingerprint density at radius 3 is 2.26 bits per heavy atom. The molecular weight excluding hydrogens is 500 g/mol. The van der Waals surface area contributed by atoms with E-state index in [0.717, 1.165) is 30.7 Å². The summed E-state index contributed by atoms with van der Waals surface area (Å²) in [7, 11) is 1.10. The third-order valence-electron chi connectivity index (χ3n) is 5.65. The molecule has 0 aliphatic heterocycles. The molecule has 2 unspecified atom stereocenters. The second-order valence-electron chi connectivity index (χ2n) is 8.73. The molecule has 0 saturated carbocycles. The van der Waals surface area contributed by atoms with E-state index in [9.17, 15) is 28.0 Å². The van der Waals surface area contributed by atoms with Crippen LogP contribution >= 0.6 is 0 Å². The highest BCUT2D eigenvalue weighted by Crippen LogP contribution is 2.21. The maximum absolute atomic E-state index is 13.9. The number of halogens is 2. The molecule has 2 aromatic carbocycles. The maximum atomic E-state index is 13.9. The van der Waals surface area contributed by atoms with Crippen molar-refractivity contribution in [1.29, 1.82) is 0 Å². The predicted octanol–water partition coefficient (Wildman–Crippen LogP) is 2.96. The summed E-state index contributed by atoms with van der Waals surface area (Å²) in [6.45, 7) is 2.53. The SMILES string of the molecule is COC(=O)CC(NC(=O)C(NC(=O)c1ccc2ccccc2n1)C(C)C)C(=O)COc1c(F)cccc1F. The molecule has 3 rings (SSSR count). The Balaban J connectivity index is 1.73. The number of ketones is 1. The van der Waals surface area contributed by atoms with Gasteiger partial charge in [-0.15, -0.1) is 0 Å². The number of pyridine rings is 1. The highest BCUT2D eigenvalue weighted by atomic mass is 19.1. The standard InChI is InChI=1S/C27H27F2N3O6/c1-15(2)24(32-26(35)20-12-11-16-7-4-5-10-19(16)30-20)27(36)31-21(13-23(34)37-3)22(33)14-38-25-17(28)8-6-9-18(25)29/h4-12,15,21,24H,13-14H2,1-3H3,(H,31,36)(H,32,35). The van der Waals surface area contributed by atoms with Crippen molar-refractivity contribution in [2.75, 3.05) is 13.7 Å². The number of hydrogen-bond donors (Lipinski definition) is 2. The van der Waals surface area contributed by atoms with Gasteiger partial charge in [0.15, 0.2) is 23.2 Å². The number of rotatable bonds is 11. The van der Waals surface area contributed by atoms with E-state index in [4.69, 9.17) is 4.74 Å². The number of Topliss-reactive ketones (excluding diaryl/α,β-unsaturated/α-hetero) is 1. The van der Waals surface area contributed by atoms with Gasteiger partial charge in [0, 0.05) is 5.39 Å². The molecule has 11 heteroatoms. The topological polar surface area (TPSA) is 124 Å². The minimum atomic E-state index is -1.44. The summed E-state index contributed by atoms with van der Waals surface area (Å²) in [5, 5.41) is 5.87. The van der Waals surface area contributed by atoms with Gasteiger partial charge in [0.25, 0.3) is 5.91 Å². The summed E-state index contributed by atoms with van der Waals surface area (Å²) in [5.41, 5.74) is 0.686. The van der Waals surface area contributed by atoms with Crippen LogP contribution in [-0.4, -0.2) is 54.4 Å². The van der Waals surface area contributed by atoms with Crippen molar-refractivity contribution in [3.05, 3.63) is 71.9 Å². The second-order valence-corrected chi connectivity index (χ2v) is 8.73. The zero-order valence-corrected chi connectivity index (χ0v) is 21.0. The molecule has 200 valence electrons. The number of carbonyl (C=O) groups is 4. The molecule has 1 heterocycles. The van der Waals surface area contributed by atoms with Gasteiger partial charge in [-0.05, 0) is 30.2 Å². The van der Waals surface area contributed by atoms with Crippen molar-refractivity contribution in [1.82, 2.24) is 15.6 Å². The Hall–Kier alpha value is -4.41. The Morgan fingerprint density at radius 1 is 0.921 bits per heavy atom. The molecule has 0 bridgehead atoms. The molecule has 2 amide bonds. The molecule has 3 aromatic rings. The van der Waals surface area contributed by atoms with E-state index in [1.165, 1.54) is 6.07 Å². The van der Waals surface area contributed by atoms with Crippen LogP contribution in [0.1, 0.15) is 30.8 Å². The zero-order chi connectivity index (χ0) is 27.8. The normalized spacial score (nSPS) is 12.5. The van der Waals surface area contributed by atoms with Crippen molar-refractivity contribution in [2.24, 2.45) is 5.92 Å². The number of ether oxygens (including phenoxy) is 2. The molecule has 0 fully saturated rings. The summed E-state index contributed by atoms with van der Waals surface area (Å²) in [6, 6.07) is 11.0. The Kier molecular flexibility index (Phi) is 9.42. The lowest BCUT2D eigenvalue weighted by Gasteiger charge is -2.24. The molecule has 2 atom stereocenters. The van der Waals surface area contributed by atoms with Crippen LogP contribution in [0.15, 0.2) is 54.6 Å². The Labute approximate surface area is 217 Å². The molecule has 1 aromatic heterocycles. The average Bonchev–Trinajstić information content (AvgIpc) is 2.90. The quantitative estimate of drug-likeness (QED) is 0.368. The number of fused-ring (bicyclic) bond motifs is 1. The van der Waals surface area contributed by atoms with E-state index < -0.39 is 72.0 Å². The van der Waals surface area contributed by atoms with Gasteiger partial charge in [0.05, 0.1) is 19.0 Å². The minimum absolute atomic E-state index is 0.0876. The summed E-state index contributed by atoms with van der Waals surface area (Å²) in [5.74, 6) is -6.24. The molecule has 2 N–H and O–H groups in total. The van der Waals surface area contributed by atoms with E-state index in [1.807, 2.05) is 12.1 Å². The third kappa shape index (κ3) is 7.09. The molecule has 0 aliphatic rings. The molecule has 0 spiro atoms. The van der Waals surface area contributed by atoms with Crippen LogP contribution in [0.4, 0.5) is 8.78 Å². The molecule has 0 aliphatic carbocycles. The molecule has 0 saturated heterocycles. The van der Waals surface area contributed by atoms with E-state index in [-0.39, 0.29) is 5.69 Å². The predicted molar refractivity (Wildman–Crippen MR) is 133 cm³/mol. The third-order valence-corrected chi connectivity index (χ3v) is 5.65. The van der Waals surface area contributed by atoms with Crippen molar-refractivity contribution in [3.63, 3.8) is 0 Å². The first-order valence-electron chi connectivity index (χ1n) is 11.7. The number of esters is 1. The average molecular weight is 528 g/mol. The maximum Gasteiger partial charge on any atom is 0.308 e. The second kappa shape index (κ2) is 12.7. The van der Waals surface area contributed by atoms with Gasteiger partial charge in [-0.3, -0.25) is 19.2 Å². The van der Waals surface area contributed by atoms with E-state index in [2.05, 4.69) is 20.4 Å². The van der Waals surface area contributed by atoms with Gasteiger partial charge in [-0.2, -0.15) is 0 Å². The van der Waals surface area contributed by atoms with Crippen molar-refractivity contribution in [2.45, 2.75) is 32.4 Å². The van der Waals surface area contributed by atoms with Gasteiger partial charge < -0.3 is 20.1 Å². The largest absolute Gasteiger partial charge is 0.480 e. The Morgan fingerprint density at radius 2 is 1.61 bits per heavy atom. The van der Waals surface area contributed by atoms with Gasteiger partial charge in [0.2, 0.25) is 5.91 Å². The lowest BCUT2D eigenvalue weighted by atomic mass is 10.0. The number of para-hydroxylation sites is 2. The Bertz CT molecular complexity index is 1330. The fourth-order valence-corrected chi connectivity index (χ4v) is 3.56. The summed E-state index contributed by atoms with van der Waals surface area (Å²) >= 11 is 0. The number of aromatic nitrogens is 1. The van der Waals surface area contributed by atoms with Gasteiger partial charge >= 0.3 is 5.97 Å². The van der Waals surface area contributed by atoms with E-state index >= 15 is 0 Å². The first kappa shape index (κ1) is 28.2. The minimum Gasteiger partial charge on any atom is -0.480 e. The highest BCUT2D eigenvalue weighted by molar-refractivity contribution is 5.99. The molecular formula is C27H27F2N3O6. The number of amides is 2. The van der Waals surface area contributed by atoms with Crippen LogP contribution in [0.2, 0.25) is 0 Å². The van der Waals surface area contributed by atoms with Crippen LogP contribution in [0.25, 0.3) is 10.9 Å². The number of carbonyl (C=O) groups excluding carboxylic acids is 4. The molecule has 38 heavy (non-hydrogen) atoms. The van der Waals surface area contributed by atoms with Crippen LogP contribution in [0.5, 0.6) is 5.75 Å². The van der Waals surface area contributed by atoms with Gasteiger partial charge in [0.1, 0.15) is 24.4 Å². The van der Waals surface area contributed by atoms with E-state index in [0.29, 0.717) is 5.52 Å². The number of hydrogen-bond acceptors (Lipinski definition) is 7. The first-order chi connectivity index (χ1) is 18.1. The number of benzene rings is 2. The van der Waals surface area contributed by atoms with Crippen molar-refractivity contribution in [3.8, 4) is 5.75 Å². The van der Waals surface area contributed by atoms with E-state index in [1.54, 1.807) is 32.0 Å². The monoisotopic (exact) mass is 527 g/mol. The van der Waals surface area contributed by atoms with Gasteiger partial charge in [-0.1, -0.05) is 44.2 Å².